The normalized spacial score (nSPS) is 10.7. The minimum absolute atomic E-state index is 0.0871. The number of amides is 1. The van der Waals surface area contributed by atoms with Crippen LogP contribution in [0.25, 0.3) is 11.0 Å². The van der Waals surface area contributed by atoms with Crippen molar-refractivity contribution >= 4 is 22.6 Å². The van der Waals surface area contributed by atoms with Gasteiger partial charge < -0.3 is 14.5 Å². The molecule has 0 fully saturated rings. The first kappa shape index (κ1) is 17.7. The molecule has 134 valence electrons. The third-order valence-electron chi connectivity index (χ3n) is 4.20. The monoisotopic (exact) mass is 355 g/mol. The van der Waals surface area contributed by atoms with Crippen molar-refractivity contribution in [2.24, 2.45) is 0 Å². The van der Waals surface area contributed by atoms with Gasteiger partial charge in [0.25, 0.3) is 0 Å². The van der Waals surface area contributed by atoms with Crippen molar-refractivity contribution in [2.75, 3.05) is 12.4 Å². The summed E-state index contributed by atoms with van der Waals surface area (Å²) in [6.45, 7) is 1.82. The zero-order valence-electron chi connectivity index (χ0n) is 14.5. The van der Waals surface area contributed by atoms with E-state index < -0.39 is 11.4 Å². The Hall–Kier alpha value is -3.15. The molecule has 0 aliphatic carbocycles. The average molecular weight is 355 g/mol. The number of benzene rings is 2. The lowest BCUT2D eigenvalue weighted by molar-refractivity contribution is -0.116. The quantitative estimate of drug-likeness (QED) is 0.707. The van der Waals surface area contributed by atoms with Crippen molar-refractivity contribution in [2.45, 2.75) is 19.8 Å². The van der Waals surface area contributed by atoms with Gasteiger partial charge in [0.15, 0.2) is 0 Å². The minimum Gasteiger partial charge on any atom is -0.497 e. The summed E-state index contributed by atoms with van der Waals surface area (Å²) in [6, 6.07) is 10.9. The molecule has 1 heterocycles. The second-order valence-electron chi connectivity index (χ2n) is 5.91. The topological polar surface area (TPSA) is 68.5 Å². The summed E-state index contributed by atoms with van der Waals surface area (Å²) in [6.07, 6.45) is 0.320. The highest BCUT2D eigenvalue weighted by Gasteiger charge is 2.14. The Labute approximate surface area is 149 Å². The molecule has 0 saturated heterocycles. The van der Waals surface area contributed by atoms with Gasteiger partial charge in [0.2, 0.25) is 5.91 Å². The Morgan fingerprint density at radius 1 is 1.23 bits per heavy atom. The zero-order chi connectivity index (χ0) is 18.7. The maximum atomic E-state index is 13.2. The number of fused-ring (bicyclic) bond motifs is 1. The highest BCUT2D eigenvalue weighted by molar-refractivity contribution is 5.91. The molecule has 26 heavy (non-hydrogen) atoms. The molecule has 0 atom stereocenters. The predicted octanol–water partition coefficient (Wildman–Crippen LogP) is 3.82. The van der Waals surface area contributed by atoms with Crippen LogP contribution in [0.4, 0.5) is 10.1 Å². The molecule has 0 bridgehead atoms. The van der Waals surface area contributed by atoms with Gasteiger partial charge in [-0.25, -0.2) is 9.18 Å². The number of aryl methyl sites for hydroxylation is 1. The summed E-state index contributed by atoms with van der Waals surface area (Å²) >= 11 is 0. The van der Waals surface area contributed by atoms with Gasteiger partial charge in [-0.15, -0.1) is 0 Å². The van der Waals surface area contributed by atoms with Gasteiger partial charge in [0.1, 0.15) is 17.1 Å². The lowest BCUT2D eigenvalue weighted by Gasteiger charge is -2.09. The van der Waals surface area contributed by atoms with E-state index in [0.29, 0.717) is 22.6 Å². The standard InChI is InChI=1S/C20H18FNO4/c1-12-16-7-6-15(25-2)11-18(16)26-20(24)17(12)8-9-19(23)22-14-5-3-4-13(21)10-14/h3-7,10-11H,8-9H2,1-2H3,(H,22,23). The van der Waals surface area contributed by atoms with Crippen molar-refractivity contribution < 1.29 is 18.3 Å². The molecule has 1 amide bonds. The molecule has 2 aromatic carbocycles. The molecular formula is C20H18FNO4. The van der Waals surface area contributed by atoms with Gasteiger partial charge in [0.05, 0.1) is 7.11 Å². The van der Waals surface area contributed by atoms with Gasteiger partial charge in [0, 0.05) is 29.1 Å². The van der Waals surface area contributed by atoms with Gasteiger partial charge in [-0.2, -0.15) is 0 Å². The first-order valence-electron chi connectivity index (χ1n) is 8.13. The van der Waals surface area contributed by atoms with E-state index in [0.717, 1.165) is 10.9 Å². The van der Waals surface area contributed by atoms with Crippen LogP contribution in [-0.2, 0) is 11.2 Å². The van der Waals surface area contributed by atoms with Crippen molar-refractivity contribution in [3.8, 4) is 5.75 Å². The molecule has 3 rings (SSSR count). The second kappa shape index (κ2) is 7.39. The van der Waals surface area contributed by atoms with Crippen LogP contribution < -0.4 is 15.7 Å². The Morgan fingerprint density at radius 2 is 2.04 bits per heavy atom. The molecule has 0 spiro atoms. The molecule has 5 nitrogen and oxygen atoms in total. The average Bonchev–Trinajstić information content (AvgIpc) is 2.61. The van der Waals surface area contributed by atoms with Gasteiger partial charge >= 0.3 is 5.63 Å². The van der Waals surface area contributed by atoms with Gasteiger partial charge in [-0.05, 0) is 49.2 Å². The maximum Gasteiger partial charge on any atom is 0.339 e. The number of methoxy groups -OCH3 is 1. The number of carbonyl (C=O) groups is 1. The van der Waals surface area contributed by atoms with Crippen LogP contribution in [-0.4, -0.2) is 13.0 Å². The largest absolute Gasteiger partial charge is 0.497 e. The minimum atomic E-state index is -0.471. The number of hydrogen-bond acceptors (Lipinski definition) is 4. The number of halogens is 1. The fourth-order valence-electron chi connectivity index (χ4n) is 2.82. The van der Waals surface area contributed by atoms with Gasteiger partial charge in [-0.1, -0.05) is 6.07 Å². The summed E-state index contributed by atoms with van der Waals surface area (Å²) in [5.74, 6) is -0.129. The lowest BCUT2D eigenvalue weighted by atomic mass is 10.0. The van der Waals surface area contributed by atoms with E-state index in [1.807, 2.05) is 13.0 Å². The molecule has 0 unspecified atom stereocenters. The number of ether oxygens (including phenoxy) is 1. The highest BCUT2D eigenvalue weighted by Crippen LogP contribution is 2.24. The smallest absolute Gasteiger partial charge is 0.339 e. The van der Waals surface area contributed by atoms with Crippen LogP contribution in [0.1, 0.15) is 17.5 Å². The van der Waals surface area contributed by atoms with Crippen LogP contribution in [0.2, 0.25) is 0 Å². The van der Waals surface area contributed by atoms with Crippen molar-refractivity contribution in [3.05, 3.63) is 69.8 Å². The predicted molar refractivity (Wildman–Crippen MR) is 97.1 cm³/mol. The lowest BCUT2D eigenvalue weighted by Crippen LogP contribution is -2.16. The van der Waals surface area contributed by atoms with Crippen LogP contribution in [0.5, 0.6) is 5.75 Å². The van der Waals surface area contributed by atoms with Gasteiger partial charge in [-0.3, -0.25) is 4.79 Å². The second-order valence-corrected chi connectivity index (χ2v) is 5.91. The molecule has 0 radical (unpaired) electrons. The molecule has 0 aliphatic heterocycles. The van der Waals surface area contributed by atoms with Crippen LogP contribution >= 0.6 is 0 Å². The fourth-order valence-corrected chi connectivity index (χ4v) is 2.82. The Kier molecular flexibility index (Phi) is 5.02. The third kappa shape index (κ3) is 3.74. The zero-order valence-corrected chi connectivity index (χ0v) is 14.5. The summed E-state index contributed by atoms with van der Waals surface area (Å²) in [5.41, 5.74) is 1.58. The molecule has 0 saturated carbocycles. The van der Waals surface area contributed by atoms with E-state index in [1.165, 1.54) is 25.3 Å². The molecule has 1 N–H and O–H groups in total. The van der Waals surface area contributed by atoms with Crippen LogP contribution in [0, 0.1) is 12.7 Å². The van der Waals surface area contributed by atoms with Crippen molar-refractivity contribution in [3.63, 3.8) is 0 Å². The summed E-state index contributed by atoms with van der Waals surface area (Å²) in [4.78, 5) is 24.4. The highest BCUT2D eigenvalue weighted by atomic mass is 19.1. The van der Waals surface area contributed by atoms with Crippen molar-refractivity contribution in [1.82, 2.24) is 0 Å². The van der Waals surface area contributed by atoms with E-state index in [4.69, 9.17) is 9.15 Å². The Balaban J connectivity index is 1.78. The fraction of sp³-hybridized carbons (Fsp3) is 0.200. The first-order chi connectivity index (χ1) is 12.5. The Bertz CT molecular complexity index is 1030. The van der Waals surface area contributed by atoms with E-state index >= 15 is 0 Å². The van der Waals surface area contributed by atoms with Crippen LogP contribution in [0.15, 0.2) is 51.7 Å². The summed E-state index contributed by atoms with van der Waals surface area (Å²) in [7, 11) is 1.54. The van der Waals surface area contributed by atoms with Crippen molar-refractivity contribution in [1.29, 1.82) is 0 Å². The Morgan fingerprint density at radius 3 is 2.77 bits per heavy atom. The molecule has 6 heteroatoms. The maximum absolute atomic E-state index is 13.2. The molecule has 3 aromatic rings. The summed E-state index contributed by atoms with van der Waals surface area (Å²) in [5, 5.41) is 3.41. The number of hydrogen-bond donors (Lipinski definition) is 1. The number of carbonyl (C=O) groups excluding carboxylic acids is 1. The van der Waals surface area contributed by atoms with E-state index in [1.54, 1.807) is 18.2 Å². The molecular weight excluding hydrogens is 337 g/mol. The number of anilines is 1. The van der Waals surface area contributed by atoms with Crippen LogP contribution in [0.3, 0.4) is 0 Å². The molecule has 0 aliphatic rings. The first-order valence-corrected chi connectivity index (χ1v) is 8.13. The third-order valence-corrected chi connectivity index (χ3v) is 4.20. The van der Waals surface area contributed by atoms with E-state index in [9.17, 15) is 14.0 Å². The number of rotatable bonds is 5. The van der Waals surface area contributed by atoms with E-state index in [-0.39, 0.29) is 18.7 Å². The van der Waals surface area contributed by atoms with E-state index in [2.05, 4.69) is 5.32 Å². The summed E-state index contributed by atoms with van der Waals surface area (Å²) < 4.78 is 23.7. The SMILES string of the molecule is COc1ccc2c(C)c(CCC(=O)Nc3cccc(F)c3)c(=O)oc2c1. The molecule has 1 aromatic heterocycles. The number of nitrogens with one attached hydrogen (secondary N) is 1.